The lowest BCUT2D eigenvalue weighted by atomic mass is 10.3. The largest absolute Gasteiger partial charge is 0.127 e. The SMILES string of the molecule is CCCCC[Si]1(CCCl)CCCCC1. The molecule has 0 radical (unpaired) electrons. The lowest BCUT2D eigenvalue weighted by Gasteiger charge is -2.35. The second kappa shape index (κ2) is 6.89. The summed E-state index contributed by atoms with van der Waals surface area (Å²) in [7, 11) is -0.852. The molecule has 0 aromatic carbocycles. The molecule has 0 amide bonds. The Kier molecular flexibility index (Phi) is 6.19. The molecule has 84 valence electrons. The van der Waals surface area contributed by atoms with Gasteiger partial charge in [-0.3, -0.25) is 0 Å². The Hall–Kier alpha value is 0.507. The first-order chi connectivity index (χ1) is 6.83. The van der Waals surface area contributed by atoms with E-state index in [2.05, 4.69) is 6.92 Å². The first kappa shape index (κ1) is 12.6. The maximum Gasteiger partial charge on any atom is 0.0547 e. The van der Waals surface area contributed by atoms with Crippen LogP contribution in [0.1, 0.15) is 45.4 Å². The van der Waals surface area contributed by atoms with Crippen molar-refractivity contribution in [1.29, 1.82) is 0 Å². The van der Waals surface area contributed by atoms with Gasteiger partial charge in [0.2, 0.25) is 0 Å². The van der Waals surface area contributed by atoms with Gasteiger partial charge in [-0.2, -0.15) is 0 Å². The maximum absolute atomic E-state index is 5.97. The fourth-order valence-electron chi connectivity index (χ4n) is 2.88. The molecule has 0 nitrogen and oxygen atoms in total. The third-order valence-corrected chi connectivity index (χ3v) is 9.91. The Morgan fingerprint density at radius 3 is 2.29 bits per heavy atom. The molecule has 1 fully saturated rings. The molecule has 1 aliphatic heterocycles. The third-order valence-electron chi connectivity index (χ3n) is 3.85. The fraction of sp³-hybridized carbons (Fsp3) is 1.00. The molecule has 1 heterocycles. The van der Waals surface area contributed by atoms with E-state index < -0.39 is 8.07 Å². The zero-order valence-electron chi connectivity index (χ0n) is 9.66. The highest BCUT2D eigenvalue weighted by Gasteiger charge is 2.32. The summed E-state index contributed by atoms with van der Waals surface area (Å²) in [5, 5.41) is 0. The molecule has 0 spiro atoms. The molecule has 2 heteroatoms. The van der Waals surface area contributed by atoms with Crippen molar-refractivity contribution >= 4 is 19.7 Å². The lowest BCUT2D eigenvalue weighted by Crippen LogP contribution is -2.36. The zero-order chi connectivity index (χ0) is 10.3. The molecule has 0 bridgehead atoms. The van der Waals surface area contributed by atoms with E-state index in [0.29, 0.717) is 0 Å². The molecule has 0 aromatic rings. The number of halogens is 1. The van der Waals surface area contributed by atoms with Crippen LogP contribution in [-0.4, -0.2) is 14.0 Å². The van der Waals surface area contributed by atoms with Crippen LogP contribution in [0, 0.1) is 0 Å². The summed E-state index contributed by atoms with van der Waals surface area (Å²) in [4.78, 5) is 0. The van der Waals surface area contributed by atoms with Crippen LogP contribution in [-0.2, 0) is 0 Å². The molecule has 1 rings (SSSR count). The van der Waals surface area contributed by atoms with Crippen molar-refractivity contribution in [3.05, 3.63) is 0 Å². The fourth-order valence-corrected chi connectivity index (χ4v) is 8.98. The Morgan fingerprint density at radius 2 is 1.71 bits per heavy atom. The van der Waals surface area contributed by atoms with E-state index in [1.54, 1.807) is 18.1 Å². The molecule has 0 saturated carbocycles. The minimum Gasteiger partial charge on any atom is -0.127 e. The number of alkyl halides is 1. The van der Waals surface area contributed by atoms with Gasteiger partial charge in [-0.15, -0.1) is 11.6 Å². The number of hydrogen-bond donors (Lipinski definition) is 0. The Balaban J connectivity index is 2.34. The van der Waals surface area contributed by atoms with Crippen LogP contribution in [0.25, 0.3) is 0 Å². The predicted molar refractivity (Wildman–Crippen MR) is 69.1 cm³/mol. The molecular weight excluding hydrogens is 208 g/mol. The van der Waals surface area contributed by atoms with Gasteiger partial charge in [0.1, 0.15) is 0 Å². The van der Waals surface area contributed by atoms with Crippen LogP contribution in [0.2, 0.25) is 24.2 Å². The molecule has 1 aliphatic rings. The van der Waals surface area contributed by atoms with E-state index in [1.165, 1.54) is 44.6 Å². The van der Waals surface area contributed by atoms with Gasteiger partial charge < -0.3 is 0 Å². The Morgan fingerprint density at radius 1 is 1.00 bits per heavy atom. The normalized spacial score (nSPS) is 21.0. The summed E-state index contributed by atoms with van der Waals surface area (Å²) in [5.41, 5.74) is 0. The van der Waals surface area contributed by atoms with Crippen LogP contribution < -0.4 is 0 Å². The monoisotopic (exact) mass is 232 g/mol. The van der Waals surface area contributed by atoms with Crippen molar-refractivity contribution in [1.82, 2.24) is 0 Å². The summed E-state index contributed by atoms with van der Waals surface area (Å²) in [6.45, 7) is 2.30. The van der Waals surface area contributed by atoms with Crippen LogP contribution in [0.15, 0.2) is 0 Å². The average molecular weight is 233 g/mol. The third kappa shape index (κ3) is 3.94. The molecule has 14 heavy (non-hydrogen) atoms. The van der Waals surface area contributed by atoms with Crippen LogP contribution >= 0.6 is 11.6 Å². The molecule has 0 aromatic heterocycles. The van der Waals surface area contributed by atoms with Gasteiger partial charge in [-0.05, 0) is 6.04 Å². The quantitative estimate of drug-likeness (QED) is 0.342. The second-order valence-electron chi connectivity index (χ2n) is 4.96. The summed E-state index contributed by atoms with van der Waals surface area (Å²) in [6, 6.07) is 6.15. The van der Waals surface area contributed by atoms with E-state index in [1.807, 2.05) is 0 Å². The van der Waals surface area contributed by atoms with Crippen molar-refractivity contribution in [2.75, 3.05) is 5.88 Å². The standard InChI is InChI=1S/C12H25ClSi/c1-2-3-5-9-14(12-8-13)10-6-4-7-11-14/h2-12H2,1H3. The van der Waals surface area contributed by atoms with Gasteiger partial charge >= 0.3 is 0 Å². The lowest BCUT2D eigenvalue weighted by molar-refractivity contribution is 0.684. The maximum atomic E-state index is 5.97. The number of rotatable bonds is 6. The highest BCUT2D eigenvalue weighted by Crippen LogP contribution is 2.36. The molecule has 0 N–H and O–H groups in total. The van der Waals surface area contributed by atoms with E-state index >= 15 is 0 Å². The van der Waals surface area contributed by atoms with Crippen molar-refractivity contribution in [2.24, 2.45) is 0 Å². The molecular formula is C12H25ClSi. The summed E-state index contributed by atoms with van der Waals surface area (Å²) in [6.07, 6.45) is 8.80. The molecule has 0 aliphatic carbocycles. The van der Waals surface area contributed by atoms with Gasteiger partial charge in [0.05, 0.1) is 8.07 Å². The van der Waals surface area contributed by atoms with E-state index in [4.69, 9.17) is 11.6 Å². The summed E-state index contributed by atoms with van der Waals surface area (Å²) >= 11 is 5.97. The average Bonchev–Trinajstić information content (AvgIpc) is 2.20. The van der Waals surface area contributed by atoms with Crippen molar-refractivity contribution in [2.45, 2.75) is 69.6 Å². The topological polar surface area (TPSA) is 0 Å². The van der Waals surface area contributed by atoms with Crippen molar-refractivity contribution in [3.8, 4) is 0 Å². The second-order valence-corrected chi connectivity index (χ2v) is 10.3. The minimum atomic E-state index is -0.852. The number of hydrogen-bond acceptors (Lipinski definition) is 0. The van der Waals surface area contributed by atoms with Crippen molar-refractivity contribution < 1.29 is 0 Å². The van der Waals surface area contributed by atoms with Crippen molar-refractivity contribution in [3.63, 3.8) is 0 Å². The highest BCUT2D eigenvalue weighted by atomic mass is 35.5. The summed E-state index contributed by atoms with van der Waals surface area (Å²) < 4.78 is 0. The summed E-state index contributed by atoms with van der Waals surface area (Å²) in [5.74, 6) is 0.929. The highest BCUT2D eigenvalue weighted by molar-refractivity contribution is 6.80. The number of unbranched alkanes of at least 4 members (excludes halogenated alkanes) is 2. The van der Waals surface area contributed by atoms with Crippen LogP contribution in [0.4, 0.5) is 0 Å². The first-order valence-corrected chi connectivity index (χ1v) is 9.75. The zero-order valence-corrected chi connectivity index (χ0v) is 11.4. The first-order valence-electron chi connectivity index (χ1n) is 6.39. The molecule has 0 atom stereocenters. The smallest absolute Gasteiger partial charge is 0.0547 e. The van der Waals surface area contributed by atoms with Crippen LogP contribution in [0.5, 0.6) is 0 Å². The minimum absolute atomic E-state index is 0.852. The van der Waals surface area contributed by atoms with Gasteiger partial charge in [-0.1, -0.05) is 63.6 Å². The molecule has 0 unspecified atom stereocenters. The van der Waals surface area contributed by atoms with Gasteiger partial charge in [0.25, 0.3) is 0 Å². The van der Waals surface area contributed by atoms with Gasteiger partial charge in [0.15, 0.2) is 0 Å². The molecule has 1 saturated heterocycles. The van der Waals surface area contributed by atoms with Gasteiger partial charge in [-0.25, -0.2) is 0 Å². The van der Waals surface area contributed by atoms with Crippen LogP contribution in [0.3, 0.4) is 0 Å². The Labute approximate surface area is 95.4 Å². The van der Waals surface area contributed by atoms with Gasteiger partial charge in [0, 0.05) is 5.88 Å². The Bertz CT molecular complexity index is 136. The van der Waals surface area contributed by atoms with E-state index in [0.717, 1.165) is 5.88 Å². The van der Waals surface area contributed by atoms with E-state index in [-0.39, 0.29) is 0 Å². The predicted octanol–water partition coefficient (Wildman–Crippen LogP) is 5.05. The van der Waals surface area contributed by atoms with E-state index in [9.17, 15) is 0 Å².